The van der Waals surface area contributed by atoms with Gasteiger partial charge in [-0.05, 0) is 24.4 Å². The Kier molecular flexibility index (Phi) is 5.18. The van der Waals surface area contributed by atoms with Crippen molar-refractivity contribution >= 4 is 28.3 Å². The van der Waals surface area contributed by atoms with E-state index in [0.717, 1.165) is 16.0 Å². The van der Waals surface area contributed by atoms with Crippen LogP contribution in [0.3, 0.4) is 0 Å². The van der Waals surface area contributed by atoms with Crippen molar-refractivity contribution in [2.24, 2.45) is 0 Å². The summed E-state index contributed by atoms with van der Waals surface area (Å²) in [6.07, 6.45) is 0. The number of nitrogens with zero attached hydrogens (tertiary/aromatic N) is 2. The number of carbonyl (C=O) groups is 1. The van der Waals surface area contributed by atoms with Crippen molar-refractivity contribution in [1.82, 2.24) is 15.5 Å². The molecule has 1 N–H and O–H groups in total. The molecule has 28 heavy (non-hydrogen) atoms. The predicted molar refractivity (Wildman–Crippen MR) is 109 cm³/mol. The summed E-state index contributed by atoms with van der Waals surface area (Å²) in [6, 6.07) is 13.6. The molecule has 4 rings (SSSR count). The summed E-state index contributed by atoms with van der Waals surface area (Å²) in [5.41, 5.74) is 4.15. The lowest BCUT2D eigenvalue weighted by atomic mass is 10.0. The minimum absolute atomic E-state index is 0.209. The molecule has 7 heteroatoms. The maximum absolute atomic E-state index is 12.9. The number of aryl methyl sites for hydroxylation is 1. The highest BCUT2D eigenvalue weighted by atomic mass is 32.1. The number of aromatic nitrogens is 2. The lowest BCUT2D eigenvalue weighted by Crippen LogP contribution is -2.27. The summed E-state index contributed by atoms with van der Waals surface area (Å²) in [5.74, 6) is -0.209. The third kappa shape index (κ3) is 3.54. The summed E-state index contributed by atoms with van der Waals surface area (Å²) < 4.78 is 10.6. The lowest BCUT2D eigenvalue weighted by Gasteiger charge is -2.08. The molecule has 0 bridgehead atoms. The lowest BCUT2D eigenvalue weighted by molar-refractivity contribution is 0.0938. The molecule has 0 spiro atoms. The monoisotopic (exact) mass is 393 g/mol. The number of thiophene rings is 1. The summed E-state index contributed by atoms with van der Waals surface area (Å²) in [6.45, 7) is 2.87. The van der Waals surface area contributed by atoms with Gasteiger partial charge >= 0.3 is 0 Å². The zero-order valence-electron chi connectivity index (χ0n) is 15.6. The van der Waals surface area contributed by atoms with Gasteiger partial charge in [0.1, 0.15) is 5.69 Å². The standard InChI is InChI=1S/C21H19N3O3S/c1-13-5-7-14(8-6-13)19-18-15(20(25)22-9-10-26-2)12-16(17-4-3-11-28-17)23-21(18)27-24-19/h3-8,11-12H,9-10H2,1-2H3,(H,22,25). The van der Waals surface area contributed by atoms with Crippen LogP contribution in [0, 0.1) is 6.92 Å². The van der Waals surface area contributed by atoms with Crippen molar-refractivity contribution in [3.8, 4) is 21.8 Å². The molecule has 1 aromatic carbocycles. The van der Waals surface area contributed by atoms with Crippen LogP contribution in [0.4, 0.5) is 0 Å². The number of ether oxygens (including phenoxy) is 1. The quantitative estimate of drug-likeness (QED) is 0.494. The van der Waals surface area contributed by atoms with Crippen molar-refractivity contribution in [2.45, 2.75) is 6.92 Å². The van der Waals surface area contributed by atoms with Crippen LogP contribution in [0.1, 0.15) is 15.9 Å². The molecule has 0 fully saturated rings. The Morgan fingerprint density at radius 2 is 2.07 bits per heavy atom. The van der Waals surface area contributed by atoms with E-state index in [2.05, 4.69) is 15.5 Å². The summed E-state index contributed by atoms with van der Waals surface area (Å²) in [4.78, 5) is 18.5. The Labute approximate surface area is 166 Å². The van der Waals surface area contributed by atoms with Crippen LogP contribution < -0.4 is 5.32 Å². The summed E-state index contributed by atoms with van der Waals surface area (Å²) in [5, 5.41) is 9.68. The van der Waals surface area contributed by atoms with Gasteiger partial charge in [-0.25, -0.2) is 4.98 Å². The second-order valence-electron chi connectivity index (χ2n) is 6.36. The van der Waals surface area contributed by atoms with Crippen LogP contribution in [0.5, 0.6) is 0 Å². The van der Waals surface area contributed by atoms with Crippen molar-refractivity contribution in [1.29, 1.82) is 0 Å². The van der Waals surface area contributed by atoms with Gasteiger partial charge in [0.2, 0.25) is 0 Å². The molecular formula is C21H19N3O3S. The van der Waals surface area contributed by atoms with Crippen LogP contribution >= 0.6 is 11.3 Å². The molecule has 0 atom stereocenters. The Balaban J connectivity index is 1.86. The fraction of sp³-hybridized carbons (Fsp3) is 0.190. The van der Waals surface area contributed by atoms with Gasteiger partial charge in [0.05, 0.1) is 28.1 Å². The van der Waals surface area contributed by atoms with Gasteiger partial charge in [-0.1, -0.05) is 41.1 Å². The topological polar surface area (TPSA) is 77.2 Å². The van der Waals surface area contributed by atoms with Gasteiger partial charge in [0.25, 0.3) is 11.6 Å². The molecule has 0 saturated carbocycles. The second kappa shape index (κ2) is 7.92. The number of nitrogens with one attached hydrogen (secondary N) is 1. The molecule has 0 saturated heterocycles. The number of amides is 1. The van der Waals surface area contributed by atoms with Crippen LogP contribution in [-0.4, -0.2) is 36.3 Å². The number of hydrogen-bond donors (Lipinski definition) is 1. The maximum Gasteiger partial charge on any atom is 0.259 e. The number of rotatable bonds is 6. The third-order valence-corrected chi connectivity index (χ3v) is 5.27. The molecule has 3 aromatic heterocycles. The minimum Gasteiger partial charge on any atom is -0.383 e. The Morgan fingerprint density at radius 1 is 1.25 bits per heavy atom. The Hall–Kier alpha value is -3.03. The van der Waals surface area contributed by atoms with E-state index >= 15 is 0 Å². The van der Waals surface area contributed by atoms with Crippen molar-refractivity contribution in [3.63, 3.8) is 0 Å². The first-order valence-electron chi connectivity index (χ1n) is 8.86. The second-order valence-corrected chi connectivity index (χ2v) is 7.31. The molecule has 142 valence electrons. The number of fused-ring (bicyclic) bond motifs is 1. The molecule has 0 radical (unpaired) electrons. The van der Waals surface area contributed by atoms with Gasteiger partial charge in [-0.3, -0.25) is 4.79 Å². The number of pyridine rings is 1. The highest BCUT2D eigenvalue weighted by Crippen LogP contribution is 2.33. The van der Waals surface area contributed by atoms with Crippen LogP contribution in [0.15, 0.2) is 52.4 Å². The normalized spacial score (nSPS) is 11.1. The highest BCUT2D eigenvalue weighted by molar-refractivity contribution is 7.13. The van der Waals surface area contributed by atoms with Crippen LogP contribution in [0.25, 0.3) is 32.9 Å². The van der Waals surface area contributed by atoms with Gasteiger partial charge in [0, 0.05) is 19.2 Å². The number of benzene rings is 1. The fourth-order valence-corrected chi connectivity index (χ4v) is 3.64. The first kappa shape index (κ1) is 18.3. The van der Waals surface area contributed by atoms with Gasteiger partial charge < -0.3 is 14.6 Å². The van der Waals surface area contributed by atoms with E-state index in [1.165, 1.54) is 0 Å². The number of carbonyl (C=O) groups excluding carboxylic acids is 1. The number of hydrogen-bond acceptors (Lipinski definition) is 6. The van der Waals surface area contributed by atoms with Crippen LogP contribution in [0.2, 0.25) is 0 Å². The van der Waals surface area contributed by atoms with Gasteiger partial charge in [-0.2, -0.15) is 0 Å². The van der Waals surface area contributed by atoms with Gasteiger partial charge in [-0.15, -0.1) is 11.3 Å². The molecule has 1 amide bonds. The average Bonchev–Trinajstić information content (AvgIpc) is 3.38. The molecule has 0 aliphatic heterocycles. The average molecular weight is 393 g/mol. The first-order valence-corrected chi connectivity index (χ1v) is 9.74. The van der Waals surface area contributed by atoms with E-state index in [-0.39, 0.29) is 5.91 Å². The zero-order chi connectivity index (χ0) is 19.5. The van der Waals surface area contributed by atoms with E-state index < -0.39 is 0 Å². The molecule has 0 unspecified atom stereocenters. The molecule has 6 nitrogen and oxygen atoms in total. The van der Waals surface area contributed by atoms with Crippen molar-refractivity contribution < 1.29 is 14.1 Å². The molecular weight excluding hydrogens is 374 g/mol. The van der Waals surface area contributed by atoms with Crippen molar-refractivity contribution in [3.05, 3.63) is 59.0 Å². The van der Waals surface area contributed by atoms with Gasteiger partial charge in [0.15, 0.2) is 0 Å². The number of methoxy groups -OCH3 is 1. The minimum atomic E-state index is -0.209. The largest absolute Gasteiger partial charge is 0.383 e. The van der Waals surface area contributed by atoms with E-state index in [0.29, 0.717) is 41.2 Å². The molecule has 0 aliphatic rings. The van der Waals surface area contributed by atoms with Crippen molar-refractivity contribution in [2.75, 3.05) is 20.3 Å². The Bertz CT molecular complexity index is 1100. The molecule has 4 aromatic rings. The fourth-order valence-electron chi connectivity index (χ4n) is 2.95. The zero-order valence-corrected chi connectivity index (χ0v) is 16.4. The maximum atomic E-state index is 12.9. The van der Waals surface area contributed by atoms with E-state index in [1.807, 2.05) is 48.7 Å². The molecule has 0 aliphatic carbocycles. The first-order chi connectivity index (χ1) is 13.7. The molecule has 3 heterocycles. The van der Waals surface area contributed by atoms with E-state index in [4.69, 9.17) is 9.26 Å². The summed E-state index contributed by atoms with van der Waals surface area (Å²) in [7, 11) is 1.60. The summed E-state index contributed by atoms with van der Waals surface area (Å²) >= 11 is 1.55. The SMILES string of the molecule is COCCNC(=O)c1cc(-c2cccs2)nc2onc(-c3ccc(C)cc3)c12. The predicted octanol–water partition coefficient (Wildman–Crippen LogP) is 4.30. The van der Waals surface area contributed by atoms with E-state index in [1.54, 1.807) is 24.5 Å². The Morgan fingerprint density at radius 3 is 2.79 bits per heavy atom. The van der Waals surface area contributed by atoms with Crippen LogP contribution in [-0.2, 0) is 4.74 Å². The smallest absolute Gasteiger partial charge is 0.259 e. The van der Waals surface area contributed by atoms with E-state index in [9.17, 15) is 4.79 Å². The highest BCUT2D eigenvalue weighted by Gasteiger charge is 2.22. The third-order valence-electron chi connectivity index (χ3n) is 4.38.